The van der Waals surface area contributed by atoms with Gasteiger partial charge in [0, 0.05) is 30.3 Å². The molecular weight excluding hydrogens is 410 g/mol. The minimum atomic E-state index is -0.553. The summed E-state index contributed by atoms with van der Waals surface area (Å²) in [5, 5.41) is 14.0. The van der Waals surface area contributed by atoms with E-state index in [9.17, 15) is 19.7 Å². The highest BCUT2D eigenvalue weighted by Gasteiger charge is 2.35. The Balaban J connectivity index is 1.40. The van der Waals surface area contributed by atoms with E-state index in [4.69, 9.17) is 4.74 Å². The smallest absolute Gasteiger partial charge is 0.274 e. The van der Waals surface area contributed by atoms with E-state index in [-0.39, 0.29) is 30.5 Å². The third-order valence-corrected chi connectivity index (χ3v) is 5.30. The maximum Gasteiger partial charge on any atom is 0.274 e. The van der Waals surface area contributed by atoms with Crippen molar-refractivity contribution in [2.75, 3.05) is 16.8 Å². The molecule has 3 aromatic rings. The molecule has 1 aliphatic heterocycles. The van der Waals surface area contributed by atoms with Gasteiger partial charge >= 0.3 is 0 Å². The van der Waals surface area contributed by atoms with E-state index in [0.29, 0.717) is 28.4 Å². The van der Waals surface area contributed by atoms with Crippen LogP contribution in [0.1, 0.15) is 12.0 Å². The zero-order valence-electron chi connectivity index (χ0n) is 17.4. The van der Waals surface area contributed by atoms with Gasteiger partial charge in [-0.1, -0.05) is 24.3 Å². The van der Waals surface area contributed by atoms with Crippen molar-refractivity contribution >= 4 is 28.9 Å². The van der Waals surface area contributed by atoms with E-state index >= 15 is 0 Å². The lowest BCUT2D eigenvalue weighted by molar-refractivity contribution is -0.385. The number of amides is 2. The number of hydrogen-bond acceptors (Lipinski definition) is 5. The van der Waals surface area contributed by atoms with Gasteiger partial charge in [-0.2, -0.15) is 0 Å². The molecule has 8 heteroatoms. The number of nitro benzene ring substituents is 1. The number of ether oxygens (including phenoxy) is 1. The molecule has 0 saturated carbocycles. The summed E-state index contributed by atoms with van der Waals surface area (Å²) in [6.07, 6.45) is 0.0444. The van der Waals surface area contributed by atoms with Crippen molar-refractivity contribution in [3.05, 3.63) is 88.5 Å². The van der Waals surface area contributed by atoms with Crippen LogP contribution in [0.15, 0.2) is 72.8 Å². The van der Waals surface area contributed by atoms with Gasteiger partial charge in [0.2, 0.25) is 11.8 Å². The van der Waals surface area contributed by atoms with Crippen LogP contribution < -0.4 is 15.0 Å². The Bertz CT molecular complexity index is 1160. The molecule has 1 fully saturated rings. The van der Waals surface area contributed by atoms with Crippen LogP contribution in [0.25, 0.3) is 0 Å². The van der Waals surface area contributed by atoms with Crippen LogP contribution >= 0.6 is 0 Å². The Labute approximate surface area is 184 Å². The van der Waals surface area contributed by atoms with E-state index in [2.05, 4.69) is 5.32 Å². The molecule has 0 radical (unpaired) electrons. The molecule has 1 atom stereocenters. The van der Waals surface area contributed by atoms with Gasteiger partial charge in [-0.3, -0.25) is 19.7 Å². The summed E-state index contributed by atoms with van der Waals surface area (Å²) in [5.41, 5.74) is 1.47. The fourth-order valence-corrected chi connectivity index (χ4v) is 3.57. The number of para-hydroxylation sites is 1. The molecule has 4 rings (SSSR count). The second-order valence-electron chi connectivity index (χ2n) is 7.56. The predicted molar refractivity (Wildman–Crippen MR) is 120 cm³/mol. The SMILES string of the molecule is Cc1ccc(N2C[C@@H](C(=O)Nc3ccc(Oc4ccccc4)cc3)CC2=O)cc1[N+](=O)[O-]. The minimum Gasteiger partial charge on any atom is -0.457 e. The molecule has 0 spiro atoms. The number of hydrogen-bond donors (Lipinski definition) is 1. The molecule has 8 nitrogen and oxygen atoms in total. The number of benzene rings is 3. The third kappa shape index (κ3) is 4.59. The fraction of sp³-hybridized carbons (Fsp3) is 0.167. The van der Waals surface area contributed by atoms with E-state index < -0.39 is 10.8 Å². The maximum absolute atomic E-state index is 12.7. The molecule has 1 N–H and O–H groups in total. The molecule has 0 unspecified atom stereocenters. The summed E-state index contributed by atoms with van der Waals surface area (Å²) in [6, 6.07) is 21.0. The molecule has 0 aromatic heterocycles. The average Bonchev–Trinajstić information content (AvgIpc) is 3.18. The summed E-state index contributed by atoms with van der Waals surface area (Å²) in [5.74, 6) is 0.278. The molecule has 0 bridgehead atoms. The average molecular weight is 431 g/mol. The van der Waals surface area contributed by atoms with Crippen molar-refractivity contribution in [2.45, 2.75) is 13.3 Å². The van der Waals surface area contributed by atoms with E-state index in [1.807, 2.05) is 30.3 Å². The molecule has 162 valence electrons. The number of aryl methyl sites for hydroxylation is 1. The van der Waals surface area contributed by atoms with Gasteiger partial charge in [0.05, 0.1) is 16.5 Å². The van der Waals surface area contributed by atoms with Crippen LogP contribution in [-0.4, -0.2) is 23.3 Å². The van der Waals surface area contributed by atoms with Crippen LogP contribution in [0.2, 0.25) is 0 Å². The quantitative estimate of drug-likeness (QED) is 0.451. The summed E-state index contributed by atoms with van der Waals surface area (Å²) < 4.78 is 5.74. The number of nitro groups is 1. The number of rotatable bonds is 6. The molecule has 1 saturated heterocycles. The second-order valence-corrected chi connectivity index (χ2v) is 7.56. The molecule has 1 aliphatic rings. The Hall–Kier alpha value is -4.20. The zero-order valence-corrected chi connectivity index (χ0v) is 17.4. The normalized spacial score (nSPS) is 15.5. The fourth-order valence-electron chi connectivity index (χ4n) is 3.57. The Kier molecular flexibility index (Phi) is 5.85. The zero-order chi connectivity index (χ0) is 22.7. The summed E-state index contributed by atoms with van der Waals surface area (Å²) in [6.45, 7) is 1.81. The minimum absolute atomic E-state index is 0.0444. The van der Waals surface area contributed by atoms with Crippen LogP contribution in [0.5, 0.6) is 11.5 Å². The highest BCUT2D eigenvalue weighted by molar-refractivity contribution is 6.03. The maximum atomic E-state index is 12.7. The van der Waals surface area contributed by atoms with Crippen LogP contribution in [-0.2, 0) is 9.59 Å². The van der Waals surface area contributed by atoms with Crippen LogP contribution in [0.4, 0.5) is 17.1 Å². The number of carbonyl (C=O) groups excluding carboxylic acids is 2. The van der Waals surface area contributed by atoms with Gasteiger partial charge in [0.1, 0.15) is 11.5 Å². The number of anilines is 2. The first-order valence-electron chi connectivity index (χ1n) is 10.1. The third-order valence-electron chi connectivity index (χ3n) is 5.30. The molecule has 32 heavy (non-hydrogen) atoms. The lowest BCUT2D eigenvalue weighted by atomic mass is 10.1. The Morgan fingerprint density at radius 1 is 1.06 bits per heavy atom. The van der Waals surface area contributed by atoms with Gasteiger partial charge < -0.3 is 15.0 Å². The molecule has 3 aromatic carbocycles. The van der Waals surface area contributed by atoms with Crippen LogP contribution in [0, 0.1) is 23.0 Å². The highest BCUT2D eigenvalue weighted by atomic mass is 16.6. The summed E-state index contributed by atoms with van der Waals surface area (Å²) >= 11 is 0. The monoisotopic (exact) mass is 431 g/mol. The first kappa shape index (κ1) is 21.0. The van der Waals surface area contributed by atoms with Gasteiger partial charge in [-0.15, -0.1) is 0 Å². The van der Waals surface area contributed by atoms with Crippen molar-refractivity contribution in [3.63, 3.8) is 0 Å². The molecule has 1 heterocycles. The van der Waals surface area contributed by atoms with Crippen molar-refractivity contribution in [3.8, 4) is 11.5 Å². The highest BCUT2D eigenvalue weighted by Crippen LogP contribution is 2.30. The molecule has 2 amide bonds. The molecule has 0 aliphatic carbocycles. The number of carbonyl (C=O) groups is 2. The summed E-state index contributed by atoms with van der Waals surface area (Å²) in [4.78, 5) is 37.3. The van der Waals surface area contributed by atoms with Gasteiger partial charge in [0.25, 0.3) is 5.69 Å². The second kappa shape index (κ2) is 8.89. The van der Waals surface area contributed by atoms with Gasteiger partial charge in [-0.05, 0) is 49.4 Å². The predicted octanol–water partition coefficient (Wildman–Crippen LogP) is 4.69. The van der Waals surface area contributed by atoms with Crippen LogP contribution in [0.3, 0.4) is 0 Å². The first-order chi connectivity index (χ1) is 15.4. The lowest BCUT2D eigenvalue weighted by Crippen LogP contribution is -2.28. The van der Waals surface area contributed by atoms with Gasteiger partial charge in [0.15, 0.2) is 0 Å². The Morgan fingerprint density at radius 3 is 2.44 bits per heavy atom. The van der Waals surface area contributed by atoms with Crippen molar-refractivity contribution < 1.29 is 19.2 Å². The lowest BCUT2D eigenvalue weighted by Gasteiger charge is -2.17. The molecular formula is C24H21N3O5. The van der Waals surface area contributed by atoms with E-state index in [1.54, 1.807) is 43.3 Å². The van der Waals surface area contributed by atoms with Gasteiger partial charge in [-0.25, -0.2) is 0 Å². The van der Waals surface area contributed by atoms with E-state index in [1.165, 1.54) is 11.0 Å². The standard InChI is InChI=1S/C24H21N3O5/c1-16-7-10-19(14-22(16)27(30)31)26-15-17(13-23(26)28)24(29)25-18-8-11-21(12-9-18)32-20-5-3-2-4-6-20/h2-12,14,17H,13,15H2,1H3,(H,25,29)/t17-/m0/s1. The largest absolute Gasteiger partial charge is 0.457 e. The van der Waals surface area contributed by atoms with E-state index in [0.717, 1.165) is 0 Å². The Morgan fingerprint density at radius 2 is 1.75 bits per heavy atom. The number of nitrogens with one attached hydrogen (secondary N) is 1. The number of nitrogens with zero attached hydrogens (tertiary/aromatic N) is 2. The van der Waals surface area contributed by atoms with Crippen molar-refractivity contribution in [1.82, 2.24) is 0 Å². The summed E-state index contributed by atoms with van der Waals surface area (Å²) in [7, 11) is 0. The van der Waals surface area contributed by atoms with Crippen molar-refractivity contribution in [2.24, 2.45) is 5.92 Å². The van der Waals surface area contributed by atoms with Crippen molar-refractivity contribution in [1.29, 1.82) is 0 Å². The topological polar surface area (TPSA) is 102 Å². The first-order valence-corrected chi connectivity index (χ1v) is 10.1.